The van der Waals surface area contributed by atoms with E-state index >= 15 is 0 Å². The number of nitrogens with zero attached hydrogens (tertiary/aromatic N) is 4. The second-order valence-electron chi connectivity index (χ2n) is 5.03. The Morgan fingerprint density at radius 2 is 1.58 bits per heavy atom. The zero-order valence-corrected chi connectivity index (χ0v) is 12.8. The Morgan fingerprint density at radius 3 is 2.33 bits per heavy atom. The number of rotatable bonds is 2. The van der Waals surface area contributed by atoms with E-state index in [0.29, 0.717) is 10.8 Å². The largest absolute Gasteiger partial charge is 0.417 e. The smallest absolute Gasteiger partial charge is 0.182 e. The Labute approximate surface area is 138 Å². The molecule has 0 unspecified atom stereocenters. The molecule has 0 aliphatic heterocycles. The minimum atomic E-state index is -4.44. The molecule has 8 heteroatoms. The highest BCUT2D eigenvalue weighted by atomic mass is 32.1. The van der Waals surface area contributed by atoms with Crippen LogP contribution in [0.25, 0.3) is 26.9 Å². The van der Waals surface area contributed by atoms with E-state index in [1.165, 1.54) is 16.6 Å². The number of fused-ring (bicyclic) bond motifs is 1. The van der Waals surface area contributed by atoms with E-state index in [0.717, 1.165) is 23.0 Å². The number of hydrogen-bond acceptors (Lipinski definition) is 4. The molecule has 4 rings (SSSR count). The van der Waals surface area contributed by atoms with Gasteiger partial charge in [-0.3, -0.25) is 0 Å². The van der Waals surface area contributed by atoms with Crippen LogP contribution in [0.3, 0.4) is 0 Å². The predicted octanol–water partition coefficient (Wildman–Crippen LogP) is 4.54. The van der Waals surface area contributed by atoms with E-state index in [4.69, 9.17) is 0 Å². The van der Waals surface area contributed by atoms with Gasteiger partial charge in [-0.1, -0.05) is 59.9 Å². The summed E-state index contributed by atoms with van der Waals surface area (Å²) in [4.78, 5) is 0.445. The van der Waals surface area contributed by atoms with Gasteiger partial charge in [0.15, 0.2) is 5.82 Å². The first-order chi connectivity index (χ1) is 11.5. The third-order valence-corrected chi connectivity index (χ3v) is 4.42. The molecule has 2 heterocycles. The molecule has 0 aliphatic rings. The van der Waals surface area contributed by atoms with Crippen LogP contribution < -0.4 is 0 Å². The molecule has 2 aromatic heterocycles. The van der Waals surface area contributed by atoms with E-state index in [9.17, 15) is 13.2 Å². The highest BCUT2D eigenvalue weighted by Gasteiger charge is 2.34. The summed E-state index contributed by atoms with van der Waals surface area (Å²) < 4.78 is 41.1. The van der Waals surface area contributed by atoms with Crippen LogP contribution in [0.15, 0.2) is 54.6 Å². The first-order valence-electron chi connectivity index (χ1n) is 6.98. The maximum atomic E-state index is 13.2. The van der Waals surface area contributed by atoms with Crippen LogP contribution in [0.2, 0.25) is 0 Å². The summed E-state index contributed by atoms with van der Waals surface area (Å²) in [7, 11) is 0. The van der Waals surface area contributed by atoms with Gasteiger partial charge >= 0.3 is 6.18 Å². The molecule has 0 saturated heterocycles. The minimum absolute atomic E-state index is 0.0412. The zero-order valence-electron chi connectivity index (χ0n) is 12.0. The molecule has 24 heavy (non-hydrogen) atoms. The molecule has 0 aliphatic carbocycles. The molecule has 0 atom stereocenters. The van der Waals surface area contributed by atoms with Gasteiger partial charge in [-0.2, -0.15) is 22.8 Å². The lowest BCUT2D eigenvalue weighted by Gasteiger charge is -2.10. The quantitative estimate of drug-likeness (QED) is 0.535. The average Bonchev–Trinajstić information content (AvgIpc) is 3.15. The summed E-state index contributed by atoms with van der Waals surface area (Å²) in [6.45, 7) is 0. The Morgan fingerprint density at radius 1 is 0.875 bits per heavy atom. The molecule has 0 N–H and O–H groups in total. The Hall–Kier alpha value is -2.74. The molecule has 4 nitrogen and oxygen atoms in total. The van der Waals surface area contributed by atoms with E-state index in [-0.39, 0.29) is 10.6 Å². The normalized spacial score (nSPS) is 12.0. The Kier molecular flexibility index (Phi) is 3.34. The molecule has 4 aromatic rings. The van der Waals surface area contributed by atoms with Crippen LogP contribution in [-0.4, -0.2) is 19.8 Å². The molecule has 0 saturated carbocycles. The van der Waals surface area contributed by atoms with Crippen molar-refractivity contribution in [2.24, 2.45) is 0 Å². The number of hydrogen-bond donors (Lipinski definition) is 0. The summed E-state index contributed by atoms with van der Waals surface area (Å²) in [5.41, 5.74) is 0.127. The highest BCUT2D eigenvalue weighted by molar-refractivity contribution is 7.19. The zero-order chi connectivity index (χ0) is 16.7. The molecule has 0 amide bonds. The summed E-state index contributed by atoms with van der Waals surface area (Å²) in [6, 6.07) is 14.6. The fraction of sp³-hybridized carbons (Fsp3) is 0.0625. The Balaban J connectivity index is 1.88. The molecule has 0 radical (unpaired) electrons. The average molecular weight is 346 g/mol. The van der Waals surface area contributed by atoms with Gasteiger partial charge < -0.3 is 0 Å². The third kappa shape index (κ3) is 2.44. The second kappa shape index (κ2) is 5.41. The van der Waals surface area contributed by atoms with Crippen molar-refractivity contribution in [1.82, 2.24) is 19.8 Å². The summed E-state index contributed by atoms with van der Waals surface area (Å²) in [5.74, 6) is 0.498. The van der Waals surface area contributed by atoms with Gasteiger partial charge in [0, 0.05) is 11.1 Å². The van der Waals surface area contributed by atoms with Crippen molar-refractivity contribution >= 4 is 16.3 Å². The van der Waals surface area contributed by atoms with Gasteiger partial charge in [-0.05, 0) is 6.07 Å². The van der Waals surface area contributed by atoms with E-state index in [2.05, 4.69) is 15.3 Å². The summed E-state index contributed by atoms with van der Waals surface area (Å²) >= 11 is 1.07. The SMILES string of the molecule is FC(F)(F)c1ccccc1-c1nn2c(-c3ccccc3)nnc2s1. The van der Waals surface area contributed by atoms with Crippen LogP contribution in [0.1, 0.15) is 5.56 Å². The van der Waals surface area contributed by atoms with Crippen LogP contribution in [-0.2, 0) is 6.18 Å². The minimum Gasteiger partial charge on any atom is -0.182 e. The monoisotopic (exact) mass is 346 g/mol. The van der Waals surface area contributed by atoms with Crippen molar-refractivity contribution in [2.75, 3.05) is 0 Å². The van der Waals surface area contributed by atoms with Crippen molar-refractivity contribution in [3.63, 3.8) is 0 Å². The fourth-order valence-corrected chi connectivity index (χ4v) is 3.29. The lowest BCUT2D eigenvalue weighted by molar-refractivity contribution is -0.137. The van der Waals surface area contributed by atoms with Gasteiger partial charge in [0.05, 0.1) is 5.56 Å². The first-order valence-corrected chi connectivity index (χ1v) is 7.80. The van der Waals surface area contributed by atoms with Gasteiger partial charge in [-0.25, -0.2) is 0 Å². The topological polar surface area (TPSA) is 43.1 Å². The number of alkyl halides is 3. The molecule has 120 valence electrons. The van der Waals surface area contributed by atoms with E-state index in [1.54, 1.807) is 6.07 Å². The van der Waals surface area contributed by atoms with Gasteiger partial charge in [-0.15, -0.1) is 10.2 Å². The number of aromatic nitrogens is 4. The van der Waals surface area contributed by atoms with Crippen molar-refractivity contribution in [2.45, 2.75) is 6.18 Å². The maximum Gasteiger partial charge on any atom is 0.417 e. The van der Waals surface area contributed by atoms with E-state index < -0.39 is 11.7 Å². The second-order valence-corrected chi connectivity index (χ2v) is 5.99. The molecule has 0 bridgehead atoms. The van der Waals surface area contributed by atoms with Crippen molar-refractivity contribution in [3.8, 4) is 22.0 Å². The van der Waals surface area contributed by atoms with Crippen molar-refractivity contribution in [3.05, 3.63) is 60.2 Å². The summed E-state index contributed by atoms with van der Waals surface area (Å²) in [6.07, 6.45) is -4.44. The Bertz CT molecular complexity index is 1010. The fourth-order valence-electron chi connectivity index (χ4n) is 2.41. The van der Waals surface area contributed by atoms with Gasteiger partial charge in [0.2, 0.25) is 4.96 Å². The predicted molar refractivity (Wildman–Crippen MR) is 84.5 cm³/mol. The van der Waals surface area contributed by atoms with Crippen molar-refractivity contribution < 1.29 is 13.2 Å². The van der Waals surface area contributed by atoms with Crippen LogP contribution in [0, 0.1) is 0 Å². The molecular weight excluding hydrogens is 337 g/mol. The molecule has 2 aromatic carbocycles. The number of halogens is 3. The molecule has 0 spiro atoms. The van der Waals surface area contributed by atoms with Crippen LogP contribution in [0.4, 0.5) is 13.2 Å². The highest BCUT2D eigenvalue weighted by Crippen LogP contribution is 2.38. The third-order valence-electron chi connectivity index (χ3n) is 3.49. The van der Waals surface area contributed by atoms with Crippen LogP contribution in [0.5, 0.6) is 0 Å². The standard InChI is InChI=1S/C16H9F3N4S/c17-16(18,19)12-9-5-4-8-11(12)14-22-23-13(20-21-15(23)24-14)10-6-2-1-3-7-10/h1-9H. The summed E-state index contributed by atoms with van der Waals surface area (Å²) in [5, 5.41) is 12.6. The van der Waals surface area contributed by atoms with E-state index in [1.807, 2.05) is 30.3 Å². The van der Waals surface area contributed by atoms with Crippen molar-refractivity contribution in [1.29, 1.82) is 0 Å². The number of benzene rings is 2. The van der Waals surface area contributed by atoms with Gasteiger partial charge in [0.25, 0.3) is 0 Å². The first kappa shape index (κ1) is 14.8. The van der Waals surface area contributed by atoms with Crippen LogP contribution >= 0.6 is 11.3 Å². The maximum absolute atomic E-state index is 13.2. The lowest BCUT2D eigenvalue weighted by atomic mass is 10.1. The molecule has 0 fully saturated rings. The lowest BCUT2D eigenvalue weighted by Crippen LogP contribution is -2.06. The molecular formula is C16H9F3N4S. The van der Waals surface area contributed by atoms with Gasteiger partial charge in [0.1, 0.15) is 5.01 Å².